The van der Waals surface area contributed by atoms with E-state index in [-0.39, 0.29) is 24.0 Å². The van der Waals surface area contributed by atoms with Gasteiger partial charge in [-0.15, -0.1) is 0 Å². The van der Waals surface area contributed by atoms with E-state index in [4.69, 9.17) is 16.3 Å². The molecule has 0 aromatic heterocycles. The van der Waals surface area contributed by atoms with Gasteiger partial charge in [0.2, 0.25) is 12.4 Å². The van der Waals surface area contributed by atoms with Crippen molar-refractivity contribution in [2.24, 2.45) is 10.4 Å². The lowest BCUT2D eigenvalue weighted by atomic mass is 10.1. The van der Waals surface area contributed by atoms with Gasteiger partial charge in [-0.2, -0.15) is 0 Å². The number of urea groups is 1. The highest BCUT2D eigenvalue weighted by Crippen LogP contribution is 2.43. The molecule has 33 heavy (non-hydrogen) atoms. The first-order chi connectivity index (χ1) is 15.9. The van der Waals surface area contributed by atoms with Crippen LogP contribution in [0, 0.1) is 5.41 Å². The summed E-state index contributed by atoms with van der Waals surface area (Å²) < 4.78 is 5.72. The zero-order chi connectivity index (χ0) is 23.8. The van der Waals surface area contributed by atoms with Gasteiger partial charge in [0, 0.05) is 18.6 Å². The summed E-state index contributed by atoms with van der Waals surface area (Å²) in [5.74, 6) is 0.712. The number of hydrogen-bond donors (Lipinski definition) is 1. The molecule has 1 fully saturated rings. The zero-order valence-electron chi connectivity index (χ0n) is 18.7. The van der Waals surface area contributed by atoms with Crippen LogP contribution in [0.1, 0.15) is 25.3 Å². The maximum atomic E-state index is 12.5. The number of nitrogens with zero attached hydrogens (tertiary/aromatic N) is 3. The van der Waals surface area contributed by atoms with E-state index < -0.39 is 0 Å². The fourth-order valence-electron chi connectivity index (χ4n) is 2.87. The summed E-state index contributed by atoms with van der Waals surface area (Å²) in [6, 6.07) is 13.6. The molecule has 3 amide bonds. The van der Waals surface area contributed by atoms with Crippen LogP contribution in [0.5, 0.6) is 5.75 Å². The number of amides is 3. The normalized spacial score (nSPS) is 14.2. The molecule has 0 radical (unpaired) electrons. The Hall–Kier alpha value is -3.39. The Labute approximate surface area is 198 Å². The number of carbonyl (C=O) groups is 3. The van der Waals surface area contributed by atoms with Crippen LogP contribution in [0.2, 0.25) is 5.02 Å². The predicted molar refractivity (Wildman–Crippen MR) is 127 cm³/mol. The molecule has 0 atom stereocenters. The van der Waals surface area contributed by atoms with Crippen LogP contribution in [-0.4, -0.2) is 54.7 Å². The van der Waals surface area contributed by atoms with E-state index in [1.165, 1.54) is 9.80 Å². The molecule has 2 aromatic carbocycles. The van der Waals surface area contributed by atoms with Crippen LogP contribution in [0.15, 0.2) is 53.5 Å². The van der Waals surface area contributed by atoms with E-state index in [1.807, 2.05) is 6.92 Å². The minimum Gasteiger partial charge on any atom is -0.493 e. The third-order valence-corrected chi connectivity index (χ3v) is 5.70. The average Bonchev–Trinajstić information content (AvgIpc) is 3.62. The van der Waals surface area contributed by atoms with E-state index in [0.717, 1.165) is 24.7 Å². The molecule has 3 rings (SSSR count). The molecule has 0 bridgehead atoms. The van der Waals surface area contributed by atoms with Crippen molar-refractivity contribution in [3.8, 4) is 5.75 Å². The molecule has 1 saturated carbocycles. The first-order valence-electron chi connectivity index (χ1n) is 10.6. The highest BCUT2D eigenvalue weighted by molar-refractivity contribution is 6.30. The van der Waals surface area contributed by atoms with Crippen molar-refractivity contribution >= 4 is 42.0 Å². The molecule has 0 heterocycles. The van der Waals surface area contributed by atoms with Crippen molar-refractivity contribution in [1.82, 2.24) is 15.1 Å². The van der Waals surface area contributed by atoms with E-state index in [2.05, 4.69) is 10.3 Å². The standard InChI is InChI=1S/C24H27ClN4O4/c1-3-28(2)23(32)27-22(29(17-31)14-18-4-6-19(25)7-5-18)26-20-8-10-21(11-9-20)33-16-24(15-30)12-13-24/h4-11,15,17H,3,12-14,16H2,1-2H3,(H,26,27,32). The maximum absolute atomic E-state index is 12.5. The summed E-state index contributed by atoms with van der Waals surface area (Å²) in [5, 5.41) is 3.30. The lowest BCUT2D eigenvalue weighted by molar-refractivity contribution is -0.115. The molecule has 0 unspecified atom stereocenters. The lowest BCUT2D eigenvalue weighted by Crippen LogP contribution is -2.47. The number of aliphatic imine (C=N–C) groups is 1. The summed E-state index contributed by atoms with van der Waals surface area (Å²) in [6.07, 6.45) is 3.28. The molecule has 0 saturated heterocycles. The highest BCUT2D eigenvalue weighted by atomic mass is 35.5. The molecule has 8 nitrogen and oxygen atoms in total. The Morgan fingerprint density at radius 2 is 1.82 bits per heavy atom. The lowest BCUT2D eigenvalue weighted by Gasteiger charge is -2.23. The Morgan fingerprint density at radius 1 is 1.15 bits per heavy atom. The predicted octanol–water partition coefficient (Wildman–Crippen LogP) is 4.01. The van der Waals surface area contributed by atoms with Gasteiger partial charge in [-0.3, -0.25) is 15.0 Å². The second kappa shape index (κ2) is 11.0. The molecule has 1 N–H and O–H groups in total. The first kappa shape index (κ1) is 24.3. The van der Waals surface area contributed by atoms with Crippen molar-refractivity contribution in [1.29, 1.82) is 0 Å². The van der Waals surface area contributed by atoms with Gasteiger partial charge in [0.05, 0.1) is 17.6 Å². The molecule has 1 aliphatic rings. The monoisotopic (exact) mass is 470 g/mol. The van der Waals surface area contributed by atoms with E-state index in [1.54, 1.807) is 55.6 Å². The summed E-state index contributed by atoms with van der Waals surface area (Å²) in [7, 11) is 1.65. The van der Waals surface area contributed by atoms with Crippen LogP contribution < -0.4 is 10.1 Å². The van der Waals surface area contributed by atoms with Crippen molar-refractivity contribution in [3.63, 3.8) is 0 Å². The summed E-state index contributed by atoms with van der Waals surface area (Å²) in [4.78, 5) is 42.8. The molecular weight excluding hydrogens is 444 g/mol. The first-order valence-corrected chi connectivity index (χ1v) is 11.0. The van der Waals surface area contributed by atoms with Crippen LogP contribution in [-0.2, 0) is 16.1 Å². The number of aldehydes is 1. The van der Waals surface area contributed by atoms with Gasteiger partial charge in [0.25, 0.3) is 0 Å². The minimum absolute atomic E-state index is 0.0943. The molecule has 0 spiro atoms. The number of carbonyl (C=O) groups excluding carboxylic acids is 3. The summed E-state index contributed by atoms with van der Waals surface area (Å²) in [6.45, 7) is 2.89. The van der Waals surface area contributed by atoms with Crippen LogP contribution in [0.3, 0.4) is 0 Å². The van der Waals surface area contributed by atoms with Gasteiger partial charge < -0.3 is 14.4 Å². The van der Waals surface area contributed by atoms with Crippen LogP contribution in [0.4, 0.5) is 10.5 Å². The average molecular weight is 471 g/mol. The number of benzene rings is 2. The quantitative estimate of drug-likeness (QED) is 0.340. The third-order valence-electron chi connectivity index (χ3n) is 5.45. The van der Waals surface area contributed by atoms with Crippen molar-refractivity contribution in [2.45, 2.75) is 26.3 Å². The van der Waals surface area contributed by atoms with Crippen LogP contribution >= 0.6 is 11.6 Å². The molecule has 174 valence electrons. The number of rotatable bonds is 9. The van der Waals surface area contributed by atoms with E-state index in [0.29, 0.717) is 36.0 Å². The van der Waals surface area contributed by atoms with E-state index in [9.17, 15) is 14.4 Å². The SMILES string of the molecule is CCN(C)C(=O)NC(=Nc1ccc(OCC2(C=O)CC2)cc1)N(C=O)Cc1ccc(Cl)cc1. The molecule has 0 aliphatic heterocycles. The smallest absolute Gasteiger partial charge is 0.323 e. The Bertz CT molecular complexity index is 1000. The van der Waals surface area contributed by atoms with Crippen molar-refractivity contribution in [2.75, 3.05) is 20.2 Å². The number of halogens is 1. The molecule has 2 aromatic rings. The van der Waals surface area contributed by atoms with Gasteiger partial charge in [-0.25, -0.2) is 9.79 Å². The third kappa shape index (κ3) is 6.79. The number of ether oxygens (including phenoxy) is 1. The molecule has 9 heteroatoms. The van der Waals surface area contributed by atoms with Gasteiger partial charge in [0.1, 0.15) is 18.6 Å². The fourth-order valence-corrected chi connectivity index (χ4v) is 3.00. The summed E-state index contributed by atoms with van der Waals surface area (Å²) >= 11 is 5.95. The summed E-state index contributed by atoms with van der Waals surface area (Å²) in [5.41, 5.74) is 1.01. The van der Waals surface area contributed by atoms with E-state index >= 15 is 0 Å². The topological polar surface area (TPSA) is 91.3 Å². The van der Waals surface area contributed by atoms with Gasteiger partial charge in [0.15, 0.2) is 0 Å². The van der Waals surface area contributed by atoms with Crippen molar-refractivity contribution in [3.05, 3.63) is 59.1 Å². The van der Waals surface area contributed by atoms with Crippen molar-refractivity contribution < 1.29 is 19.1 Å². The minimum atomic E-state index is -0.386. The van der Waals surface area contributed by atoms with Gasteiger partial charge in [-0.1, -0.05) is 23.7 Å². The Balaban J connectivity index is 1.79. The highest BCUT2D eigenvalue weighted by Gasteiger charge is 2.43. The number of nitrogens with one attached hydrogen (secondary N) is 1. The largest absolute Gasteiger partial charge is 0.493 e. The Kier molecular flexibility index (Phi) is 8.06. The number of hydrogen-bond acceptors (Lipinski definition) is 5. The maximum Gasteiger partial charge on any atom is 0.323 e. The molecular formula is C24H27ClN4O4. The Morgan fingerprint density at radius 3 is 2.36 bits per heavy atom. The zero-order valence-corrected chi connectivity index (χ0v) is 19.4. The fraction of sp³-hybridized carbons (Fsp3) is 0.333. The van der Waals surface area contributed by atoms with Gasteiger partial charge in [-0.05, 0) is 61.7 Å². The number of guanidine groups is 1. The second-order valence-corrected chi connectivity index (χ2v) is 8.44. The second-order valence-electron chi connectivity index (χ2n) is 8.00. The van der Waals surface area contributed by atoms with Crippen LogP contribution in [0.25, 0.3) is 0 Å². The van der Waals surface area contributed by atoms with Gasteiger partial charge >= 0.3 is 6.03 Å². The molecule has 1 aliphatic carbocycles.